The third kappa shape index (κ3) is 8.21. The second kappa shape index (κ2) is 15.3. The minimum atomic E-state index is -5.10. The number of ether oxygens (including phenoxy) is 3. The van der Waals surface area contributed by atoms with E-state index in [1.807, 2.05) is 6.07 Å². The molecule has 0 spiro atoms. The molecule has 226 valence electrons. The van der Waals surface area contributed by atoms with Gasteiger partial charge in [-0.3, -0.25) is 19.5 Å². The number of hydrazine groups is 1. The molecule has 44 heavy (non-hydrogen) atoms. The number of nitrogens with one attached hydrogen (secondary N) is 1. The Morgan fingerprint density at radius 1 is 0.909 bits per heavy atom. The van der Waals surface area contributed by atoms with Crippen LogP contribution in [0.3, 0.4) is 0 Å². The van der Waals surface area contributed by atoms with E-state index in [1.165, 1.54) is 12.1 Å². The smallest absolute Gasteiger partial charge is 0.731 e. The number of para-hydroxylation sites is 2. The summed E-state index contributed by atoms with van der Waals surface area (Å²) in [5.41, 5.74) is 1.95. The molecule has 1 saturated heterocycles. The number of carbonyl (C=O) groups is 4. The van der Waals surface area contributed by atoms with Crippen molar-refractivity contribution in [3.8, 4) is 0 Å². The zero-order chi connectivity index (χ0) is 31.0. The number of benzene rings is 3. The fraction of sp³-hybridized carbons (Fsp3) is 0.214. The van der Waals surface area contributed by atoms with Gasteiger partial charge in [0.25, 0.3) is 11.6 Å². The molecule has 0 bridgehead atoms. The average Bonchev–Trinajstić information content (AvgIpc) is 3.00. The SMILES string of the molecule is COC1(N(NCC(=O)OC(=O)CN(C(=O)OCc2ccccc2)c2ccccc2)c2ccccc2)CN(S(=O)(=O)[O-])C1=O.[Na+]. The van der Waals surface area contributed by atoms with E-state index in [9.17, 15) is 32.1 Å². The van der Waals surface area contributed by atoms with Crippen molar-refractivity contribution in [3.05, 3.63) is 96.6 Å². The molecule has 1 unspecified atom stereocenters. The number of β-lactam (4-membered cyclic amide) rings is 1. The molecule has 3 aromatic carbocycles. The molecule has 2 amide bonds. The summed E-state index contributed by atoms with van der Waals surface area (Å²) in [5, 5.41) is 1.07. The zero-order valence-electron chi connectivity index (χ0n) is 23.8. The van der Waals surface area contributed by atoms with E-state index in [2.05, 4.69) is 5.43 Å². The van der Waals surface area contributed by atoms with Gasteiger partial charge < -0.3 is 18.8 Å². The van der Waals surface area contributed by atoms with Crippen molar-refractivity contribution in [3.63, 3.8) is 0 Å². The Morgan fingerprint density at radius 2 is 1.45 bits per heavy atom. The molecule has 1 fully saturated rings. The van der Waals surface area contributed by atoms with E-state index in [4.69, 9.17) is 14.2 Å². The summed E-state index contributed by atoms with van der Waals surface area (Å²) >= 11 is 0. The summed E-state index contributed by atoms with van der Waals surface area (Å²) in [4.78, 5) is 52.1. The molecule has 4 rings (SSSR count). The molecule has 1 aliphatic rings. The van der Waals surface area contributed by atoms with Crippen LogP contribution in [0.5, 0.6) is 0 Å². The number of hydrogen-bond acceptors (Lipinski definition) is 12. The van der Waals surface area contributed by atoms with Crippen LogP contribution in [0.25, 0.3) is 0 Å². The van der Waals surface area contributed by atoms with Gasteiger partial charge in [-0.25, -0.2) is 27.7 Å². The first kappa shape index (κ1) is 34.7. The molecule has 0 aromatic heterocycles. The number of carbonyl (C=O) groups excluding carboxylic acids is 4. The van der Waals surface area contributed by atoms with Crippen LogP contribution in [0.2, 0.25) is 0 Å². The van der Waals surface area contributed by atoms with E-state index in [0.29, 0.717) is 5.69 Å². The van der Waals surface area contributed by atoms with Crippen molar-refractivity contribution in [2.75, 3.05) is 36.7 Å². The Bertz CT molecular complexity index is 1570. The molecule has 16 heteroatoms. The van der Waals surface area contributed by atoms with Crippen LogP contribution in [-0.4, -0.2) is 73.7 Å². The molecule has 0 aliphatic carbocycles. The van der Waals surface area contributed by atoms with Gasteiger partial charge in [-0.05, 0) is 29.8 Å². The van der Waals surface area contributed by atoms with Gasteiger partial charge in [-0.15, -0.1) is 0 Å². The molecule has 1 atom stereocenters. The molecule has 14 nitrogen and oxygen atoms in total. The largest absolute Gasteiger partial charge is 1.00 e. The topological polar surface area (TPSA) is 175 Å². The van der Waals surface area contributed by atoms with E-state index in [-0.39, 0.29) is 46.2 Å². The normalized spacial score (nSPS) is 15.8. The van der Waals surface area contributed by atoms with Gasteiger partial charge in [0, 0.05) is 12.8 Å². The van der Waals surface area contributed by atoms with Crippen LogP contribution in [0.1, 0.15) is 5.56 Å². The number of nitrogens with zero attached hydrogens (tertiary/aromatic N) is 3. The average molecular weight is 635 g/mol. The van der Waals surface area contributed by atoms with Crippen molar-refractivity contribution < 1.29 is 75.9 Å². The zero-order valence-corrected chi connectivity index (χ0v) is 26.6. The summed E-state index contributed by atoms with van der Waals surface area (Å²) in [7, 11) is -3.97. The predicted octanol–water partition coefficient (Wildman–Crippen LogP) is -1.44. The molecule has 1 heterocycles. The quantitative estimate of drug-likeness (QED) is 0.0468. The Kier molecular flexibility index (Phi) is 12.0. The first-order chi connectivity index (χ1) is 20.5. The number of anilines is 2. The van der Waals surface area contributed by atoms with E-state index in [0.717, 1.165) is 22.6 Å². The maximum absolute atomic E-state index is 12.9. The number of hydrogen-bond donors (Lipinski definition) is 1. The predicted molar refractivity (Wildman–Crippen MR) is 150 cm³/mol. The van der Waals surface area contributed by atoms with Gasteiger partial charge in [0.15, 0.2) is 10.3 Å². The van der Waals surface area contributed by atoms with E-state index in [1.54, 1.807) is 72.8 Å². The molecule has 0 radical (unpaired) electrons. The minimum Gasteiger partial charge on any atom is -0.731 e. The van der Waals surface area contributed by atoms with Crippen LogP contribution in [0.4, 0.5) is 16.2 Å². The third-order valence-corrected chi connectivity index (χ3v) is 7.13. The summed E-state index contributed by atoms with van der Waals surface area (Å²) in [6.45, 7) is -2.07. The fourth-order valence-electron chi connectivity index (χ4n) is 4.17. The van der Waals surface area contributed by atoms with Crippen molar-refractivity contribution in [2.45, 2.75) is 12.3 Å². The second-order valence-corrected chi connectivity index (χ2v) is 10.4. The first-order valence-corrected chi connectivity index (χ1v) is 14.1. The van der Waals surface area contributed by atoms with Crippen LogP contribution in [-0.2, 0) is 45.5 Å². The molecule has 1 N–H and O–H groups in total. The van der Waals surface area contributed by atoms with Gasteiger partial charge in [0.05, 0.1) is 12.2 Å². The number of rotatable bonds is 12. The standard InChI is InChI=1S/C28H28N4O10S.Na/c1-40-28(20-31(26(28)35)43(37,38)39)32(23-15-9-4-10-16-23)29-17-24(33)42-25(34)18-30(22-13-7-3-8-14-22)27(36)41-19-21-11-5-2-6-12-21;/h2-16,29H,17-20H2,1H3,(H,37,38,39);/q;+1/p-1. The Balaban J connectivity index is 0.00000529. The van der Waals surface area contributed by atoms with Gasteiger partial charge in [-0.2, -0.15) is 0 Å². The maximum atomic E-state index is 12.9. The molecule has 3 aromatic rings. The fourth-order valence-corrected chi connectivity index (χ4v) is 4.85. The Morgan fingerprint density at radius 3 is 1.98 bits per heavy atom. The monoisotopic (exact) mass is 634 g/mol. The van der Waals surface area contributed by atoms with Crippen molar-refractivity contribution in [2.24, 2.45) is 0 Å². The molecule has 0 saturated carbocycles. The van der Waals surface area contributed by atoms with Crippen LogP contribution in [0.15, 0.2) is 91.0 Å². The maximum Gasteiger partial charge on any atom is 1.00 e. The van der Waals surface area contributed by atoms with Crippen molar-refractivity contribution in [1.29, 1.82) is 0 Å². The van der Waals surface area contributed by atoms with Gasteiger partial charge in [-0.1, -0.05) is 66.7 Å². The minimum absolute atomic E-state index is 0. The summed E-state index contributed by atoms with van der Waals surface area (Å²) < 4.78 is 50.0. The van der Waals surface area contributed by atoms with Crippen LogP contribution in [0, 0.1) is 0 Å². The number of amides is 2. The van der Waals surface area contributed by atoms with E-state index < -0.39 is 59.6 Å². The van der Waals surface area contributed by atoms with Gasteiger partial charge in [0.2, 0.25) is 0 Å². The molecular formula is C28H27N4NaO10S. The van der Waals surface area contributed by atoms with Crippen LogP contribution < -0.4 is 44.9 Å². The van der Waals surface area contributed by atoms with E-state index >= 15 is 0 Å². The molecular weight excluding hydrogens is 607 g/mol. The van der Waals surface area contributed by atoms with Crippen molar-refractivity contribution >= 4 is 45.6 Å². The number of esters is 2. The third-order valence-electron chi connectivity index (χ3n) is 6.29. The second-order valence-electron chi connectivity index (χ2n) is 9.07. The summed E-state index contributed by atoms with van der Waals surface area (Å²) in [6.07, 6.45) is -0.851. The summed E-state index contributed by atoms with van der Waals surface area (Å²) in [5.74, 6) is -3.36. The Hall–Kier alpha value is -3.83. The first-order valence-electron chi connectivity index (χ1n) is 12.7. The van der Waals surface area contributed by atoms with Gasteiger partial charge in [0.1, 0.15) is 19.7 Å². The van der Waals surface area contributed by atoms with Gasteiger partial charge >= 0.3 is 47.6 Å². The number of methoxy groups -OCH3 is 1. The summed E-state index contributed by atoms with van der Waals surface area (Å²) in [6, 6.07) is 25.0. The Labute approximate surface area is 275 Å². The van der Waals surface area contributed by atoms with Crippen molar-refractivity contribution in [1.82, 2.24) is 9.73 Å². The molecule has 1 aliphatic heterocycles. The van der Waals surface area contributed by atoms with Crippen LogP contribution >= 0.6 is 0 Å².